The van der Waals surface area contributed by atoms with Gasteiger partial charge in [-0.3, -0.25) is 4.79 Å². The summed E-state index contributed by atoms with van der Waals surface area (Å²) in [4.78, 5) is 19.7. The van der Waals surface area contributed by atoms with Crippen molar-refractivity contribution in [3.8, 4) is 22.8 Å². The Morgan fingerprint density at radius 3 is 3.04 bits per heavy atom. The summed E-state index contributed by atoms with van der Waals surface area (Å²) in [6.45, 7) is 2.62. The molecule has 6 nitrogen and oxygen atoms in total. The lowest BCUT2D eigenvalue weighted by Gasteiger charge is -2.05. The molecule has 1 aliphatic heterocycles. The highest BCUT2D eigenvalue weighted by atomic mass is 32.1. The lowest BCUT2D eigenvalue weighted by molar-refractivity contribution is 0.0946. The molecule has 0 saturated heterocycles. The average Bonchev–Trinajstić information content (AvgIpc) is 3.31. The number of hydrogen-bond acceptors (Lipinski definition) is 5. The Morgan fingerprint density at radius 2 is 2.21 bits per heavy atom. The van der Waals surface area contributed by atoms with Crippen molar-refractivity contribution >= 4 is 17.2 Å². The van der Waals surface area contributed by atoms with Crippen LogP contribution in [0, 0.1) is 6.92 Å². The molecular formula is C17H15N3O3S. The molecule has 2 N–H and O–H groups in total. The predicted octanol–water partition coefficient (Wildman–Crippen LogP) is 3.11. The van der Waals surface area contributed by atoms with Crippen molar-refractivity contribution in [2.45, 2.75) is 13.5 Å². The number of thiazole rings is 1. The summed E-state index contributed by atoms with van der Waals surface area (Å²) >= 11 is 1.59. The molecule has 3 aromatic rings. The van der Waals surface area contributed by atoms with Crippen LogP contribution in [-0.2, 0) is 6.54 Å². The van der Waals surface area contributed by atoms with Crippen LogP contribution in [0.3, 0.4) is 0 Å². The predicted molar refractivity (Wildman–Crippen MR) is 90.4 cm³/mol. The quantitative estimate of drug-likeness (QED) is 0.764. The Balaban J connectivity index is 1.42. The molecule has 2 aromatic heterocycles. The lowest BCUT2D eigenvalue weighted by atomic mass is 10.2. The number of H-pyrrole nitrogens is 1. The van der Waals surface area contributed by atoms with Gasteiger partial charge in [0.15, 0.2) is 11.5 Å². The van der Waals surface area contributed by atoms with Crippen LogP contribution in [0.25, 0.3) is 11.3 Å². The number of rotatable bonds is 4. The molecule has 0 spiro atoms. The third-order valence-corrected chi connectivity index (χ3v) is 4.51. The first-order chi connectivity index (χ1) is 11.7. The third kappa shape index (κ3) is 2.85. The number of aromatic amines is 1. The van der Waals surface area contributed by atoms with Crippen molar-refractivity contribution in [2.75, 3.05) is 6.79 Å². The van der Waals surface area contributed by atoms with Crippen molar-refractivity contribution in [3.63, 3.8) is 0 Å². The molecule has 0 fully saturated rings. The van der Waals surface area contributed by atoms with Crippen LogP contribution in [0.2, 0.25) is 0 Å². The first-order valence-corrected chi connectivity index (χ1v) is 8.34. The van der Waals surface area contributed by atoms with Crippen LogP contribution in [0.5, 0.6) is 11.5 Å². The molecule has 0 unspecified atom stereocenters. The fourth-order valence-electron chi connectivity index (χ4n) is 2.50. The zero-order valence-corrected chi connectivity index (χ0v) is 13.8. The maximum absolute atomic E-state index is 12.3. The largest absolute Gasteiger partial charge is 0.454 e. The first kappa shape index (κ1) is 14.8. The fourth-order valence-corrected chi connectivity index (χ4v) is 3.12. The number of amides is 1. The molecule has 1 amide bonds. The van der Waals surface area contributed by atoms with Gasteiger partial charge in [-0.25, -0.2) is 4.98 Å². The normalized spacial score (nSPS) is 12.4. The Bertz CT molecular complexity index is 900. The van der Waals surface area contributed by atoms with Gasteiger partial charge in [-0.1, -0.05) is 6.07 Å². The van der Waals surface area contributed by atoms with E-state index in [-0.39, 0.29) is 12.7 Å². The molecule has 0 atom stereocenters. The van der Waals surface area contributed by atoms with Crippen molar-refractivity contribution in [2.24, 2.45) is 0 Å². The van der Waals surface area contributed by atoms with Crippen LogP contribution in [0.15, 0.2) is 35.8 Å². The van der Waals surface area contributed by atoms with Gasteiger partial charge >= 0.3 is 0 Å². The van der Waals surface area contributed by atoms with E-state index in [0.717, 1.165) is 27.6 Å². The van der Waals surface area contributed by atoms with Crippen molar-refractivity contribution in [1.82, 2.24) is 15.3 Å². The Morgan fingerprint density at radius 1 is 1.33 bits per heavy atom. The zero-order chi connectivity index (χ0) is 16.5. The minimum atomic E-state index is -0.161. The van der Waals surface area contributed by atoms with E-state index in [0.29, 0.717) is 18.0 Å². The smallest absolute Gasteiger partial charge is 0.267 e. The second-order valence-electron chi connectivity index (χ2n) is 5.42. The minimum Gasteiger partial charge on any atom is -0.454 e. The molecule has 0 aliphatic carbocycles. The molecule has 0 bridgehead atoms. The number of ether oxygens (including phenoxy) is 2. The van der Waals surface area contributed by atoms with E-state index in [1.165, 1.54) is 0 Å². The number of carbonyl (C=O) groups excluding carboxylic acids is 1. The van der Waals surface area contributed by atoms with Crippen molar-refractivity contribution in [3.05, 3.63) is 52.1 Å². The van der Waals surface area contributed by atoms with Crippen LogP contribution < -0.4 is 14.8 Å². The SMILES string of the molecule is Cc1nc(-c2c[nH]c(C(=O)NCc3ccc4c(c3)OCO4)c2)cs1. The van der Waals surface area contributed by atoms with Gasteiger partial charge < -0.3 is 19.8 Å². The number of benzene rings is 1. The second-order valence-corrected chi connectivity index (χ2v) is 6.49. The van der Waals surface area contributed by atoms with E-state index in [1.54, 1.807) is 17.5 Å². The summed E-state index contributed by atoms with van der Waals surface area (Å²) in [5.74, 6) is 1.28. The van der Waals surface area contributed by atoms with E-state index in [4.69, 9.17) is 9.47 Å². The van der Waals surface area contributed by atoms with Crippen LogP contribution in [-0.4, -0.2) is 22.7 Å². The highest BCUT2D eigenvalue weighted by molar-refractivity contribution is 7.09. The Kier molecular flexibility index (Phi) is 3.70. The molecule has 122 valence electrons. The van der Waals surface area contributed by atoms with E-state index in [9.17, 15) is 4.79 Å². The summed E-state index contributed by atoms with van der Waals surface area (Å²) in [5.41, 5.74) is 3.25. The van der Waals surface area contributed by atoms with E-state index >= 15 is 0 Å². The molecule has 7 heteroatoms. The molecule has 0 saturated carbocycles. The van der Waals surface area contributed by atoms with Gasteiger partial charge in [-0.15, -0.1) is 11.3 Å². The second kappa shape index (κ2) is 6.01. The summed E-state index contributed by atoms with van der Waals surface area (Å²) < 4.78 is 10.6. The molecule has 1 aliphatic rings. The number of carbonyl (C=O) groups is 1. The van der Waals surface area contributed by atoms with Crippen molar-refractivity contribution in [1.29, 1.82) is 0 Å². The maximum Gasteiger partial charge on any atom is 0.267 e. The molecule has 1 aromatic carbocycles. The lowest BCUT2D eigenvalue weighted by Crippen LogP contribution is -2.22. The zero-order valence-electron chi connectivity index (χ0n) is 13.0. The van der Waals surface area contributed by atoms with Gasteiger partial charge in [-0.05, 0) is 30.7 Å². The van der Waals surface area contributed by atoms with Gasteiger partial charge in [0.25, 0.3) is 5.91 Å². The summed E-state index contributed by atoms with van der Waals surface area (Å²) in [6, 6.07) is 7.44. The van der Waals surface area contributed by atoms with Gasteiger partial charge in [0.05, 0.1) is 10.7 Å². The highest BCUT2D eigenvalue weighted by Crippen LogP contribution is 2.32. The van der Waals surface area contributed by atoms with Crippen LogP contribution in [0.4, 0.5) is 0 Å². The number of aryl methyl sites for hydroxylation is 1. The minimum absolute atomic E-state index is 0.161. The monoisotopic (exact) mass is 341 g/mol. The van der Waals surface area contributed by atoms with E-state index in [2.05, 4.69) is 15.3 Å². The average molecular weight is 341 g/mol. The third-order valence-electron chi connectivity index (χ3n) is 3.73. The summed E-state index contributed by atoms with van der Waals surface area (Å²) in [5, 5.41) is 5.87. The highest BCUT2D eigenvalue weighted by Gasteiger charge is 2.14. The van der Waals surface area contributed by atoms with Gasteiger partial charge in [0.2, 0.25) is 6.79 Å². The standard InChI is InChI=1S/C17H15N3O3S/c1-10-20-14(8-24-10)12-5-13(18-7-12)17(21)19-6-11-2-3-15-16(4-11)23-9-22-15/h2-5,7-8,18H,6,9H2,1H3,(H,19,21). The number of fused-ring (bicyclic) bond motifs is 1. The van der Waals surface area contributed by atoms with Gasteiger partial charge in [0, 0.05) is 23.7 Å². The number of aromatic nitrogens is 2. The Labute approximate surface area is 142 Å². The number of nitrogens with zero attached hydrogens (tertiary/aromatic N) is 1. The van der Waals surface area contributed by atoms with Crippen LogP contribution in [0.1, 0.15) is 21.1 Å². The van der Waals surface area contributed by atoms with E-state index < -0.39 is 0 Å². The molecule has 24 heavy (non-hydrogen) atoms. The van der Waals surface area contributed by atoms with Gasteiger partial charge in [0.1, 0.15) is 5.69 Å². The molecule has 3 heterocycles. The molecule has 4 rings (SSSR count). The topological polar surface area (TPSA) is 76.2 Å². The summed E-state index contributed by atoms with van der Waals surface area (Å²) in [6.07, 6.45) is 1.80. The Hall–Kier alpha value is -2.80. The first-order valence-electron chi connectivity index (χ1n) is 7.47. The summed E-state index contributed by atoms with van der Waals surface area (Å²) in [7, 11) is 0. The maximum atomic E-state index is 12.3. The van der Waals surface area contributed by atoms with E-state index in [1.807, 2.05) is 36.6 Å². The fraction of sp³-hybridized carbons (Fsp3) is 0.176. The number of nitrogens with one attached hydrogen (secondary N) is 2. The van der Waals surface area contributed by atoms with Crippen LogP contribution >= 0.6 is 11.3 Å². The van der Waals surface area contributed by atoms with Crippen molar-refractivity contribution < 1.29 is 14.3 Å². The van der Waals surface area contributed by atoms with Gasteiger partial charge in [-0.2, -0.15) is 0 Å². The number of hydrogen-bond donors (Lipinski definition) is 2. The molecule has 0 radical (unpaired) electrons. The molecular weight excluding hydrogens is 326 g/mol.